The van der Waals surface area contributed by atoms with Gasteiger partial charge in [-0.3, -0.25) is 9.59 Å². The van der Waals surface area contributed by atoms with Gasteiger partial charge >= 0.3 is 5.97 Å². The van der Waals surface area contributed by atoms with E-state index in [1.165, 1.54) is 7.11 Å². The second-order valence-electron chi connectivity index (χ2n) is 4.50. The van der Waals surface area contributed by atoms with E-state index < -0.39 is 0 Å². The minimum Gasteiger partial charge on any atom is -0.469 e. The molecule has 0 bridgehead atoms. The van der Waals surface area contributed by atoms with Crippen LogP contribution in [0.25, 0.3) is 11.0 Å². The van der Waals surface area contributed by atoms with Crippen molar-refractivity contribution in [3.05, 3.63) is 35.6 Å². The van der Waals surface area contributed by atoms with Gasteiger partial charge in [0.1, 0.15) is 17.1 Å². The van der Waals surface area contributed by atoms with E-state index in [0.717, 1.165) is 16.5 Å². The van der Waals surface area contributed by atoms with Gasteiger partial charge in [0.05, 0.1) is 20.0 Å². The van der Waals surface area contributed by atoms with Crippen LogP contribution >= 0.6 is 0 Å². The summed E-state index contributed by atoms with van der Waals surface area (Å²) in [6.07, 6.45) is 0.516. The fraction of sp³-hybridized carbons (Fsp3) is 0.333. The average molecular weight is 260 g/mol. The highest BCUT2D eigenvalue weighted by Gasteiger charge is 2.12. The lowest BCUT2D eigenvalue weighted by atomic mass is 10.1. The van der Waals surface area contributed by atoms with Crippen molar-refractivity contribution in [3.63, 3.8) is 0 Å². The predicted octanol–water partition coefficient (Wildman–Crippen LogP) is 2.81. The quantitative estimate of drug-likeness (QED) is 0.776. The lowest BCUT2D eigenvalue weighted by Gasteiger charge is -1.98. The molecule has 4 nitrogen and oxygen atoms in total. The smallest absolute Gasteiger partial charge is 0.305 e. The van der Waals surface area contributed by atoms with E-state index >= 15 is 0 Å². The van der Waals surface area contributed by atoms with E-state index in [-0.39, 0.29) is 31.0 Å². The number of ether oxygens (including phenoxy) is 1. The molecule has 0 unspecified atom stereocenters. The van der Waals surface area contributed by atoms with Crippen LogP contribution < -0.4 is 0 Å². The molecule has 4 heteroatoms. The van der Waals surface area contributed by atoms with Crippen LogP contribution in [-0.4, -0.2) is 18.9 Å². The summed E-state index contributed by atoms with van der Waals surface area (Å²) in [4.78, 5) is 22.7. The molecule has 2 aromatic rings. The summed E-state index contributed by atoms with van der Waals surface area (Å²) in [5, 5.41) is 0.996. The molecular weight excluding hydrogens is 244 g/mol. The van der Waals surface area contributed by atoms with E-state index in [4.69, 9.17) is 4.42 Å². The Bertz CT molecular complexity index is 610. The van der Waals surface area contributed by atoms with Crippen molar-refractivity contribution in [2.45, 2.75) is 26.2 Å². The Morgan fingerprint density at radius 3 is 2.74 bits per heavy atom. The standard InChI is InChI=1S/C15H16O4/c1-10-4-3-5-11-8-13(19-15(10)11)9-12(16)6-7-14(17)18-2/h3-5,8H,6-7,9H2,1-2H3. The number of hydrogen-bond acceptors (Lipinski definition) is 4. The fourth-order valence-corrected chi connectivity index (χ4v) is 1.98. The summed E-state index contributed by atoms with van der Waals surface area (Å²) >= 11 is 0. The van der Waals surface area contributed by atoms with Crippen LogP contribution in [0, 0.1) is 6.92 Å². The van der Waals surface area contributed by atoms with Crippen molar-refractivity contribution in [1.29, 1.82) is 0 Å². The van der Waals surface area contributed by atoms with Gasteiger partial charge in [-0.25, -0.2) is 0 Å². The van der Waals surface area contributed by atoms with Crippen molar-refractivity contribution in [3.8, 4) is 0 Å². The van der Waals surface area contributed by atoms with Gasteiger partial charge in [-0.2, -0.15) is 0 Å². The fourth-order valence-electron chi connectivity index (χ4n) is 1.98. The van der Waals surface area contributed by atoms with Gasteiger partial charge < -0.3 is 9.15 Å². The van der Waals surface area contributed by atoms with Crippen LogP contribution in [0.5, 0.6) is 0 Å². The van der Waals surface area contributed by atoms with Gasteiger partial charge in [0.25, 0.3) is 0 Å². The molecule has 0 N–H and O–H groups in total. The Hall–Kier alpha value is -2.10. The monoisotopic (exact) mass is 260 g/mol. The van der Waals surface area contributed by atoms with Crippen LogP contribution in [-0.2, 0) is 20.7 Å². The highest BCUT2D eigenvalue weighted by atomic mass is 16.5. The molecule has 1 heterocycles. The van der Waals surface area contributed by atoms with Crippen LogP contribution in [0.15, 0.2) is 28.7 Å². The van der Waals surface area contributed by atoms with Crippen molar-refractivity contribution < 1.29 is 18.7 Å². The second-order valence-corrected chi connectivity index (χ2v) is 4.50. The summed E-state index contributed by atoms with van der Waals surface area (Å²) < 4.78 is 10.2. The molecule has 0 atom stereocenters. The largest absolute Gasteiger partial charge is 0.469 e. The number of carbonyl (C=O) groups excluding carboxylic acids is 2. The molecule has 0 saturated heterocycles. The maximum atomic E-state index is 11.7. The first kappa shape index (κ1) is 13.3. The molecule has 1 aromatic carbocycles. The third-order valence-corrected chi connectivity index (χ3v) is 3.00. The van der Waals surface area contributed by atoms with Crippen molar-refractivity contribution >= 4 is 22.7 Å². The number of methoxy groups -OCH3 is 1. The molecule has 0 fully saturated rings. The molecule has 0 radical (unpaired) electrons. The molecule has 1 aromatic heterocycles. The Labute approximate surface area is 111 Å². The number of furan rings is 1. The highest BCUT2D eigenvalue weighted by Crippen LogP contribution is 2.23. The summed E-state index contributed by atoms with van der Waals surface area (Å²) in [5.41, 5.74) is 1.86. The molecule has 0 amide bonds. The van der Waals surface area contributed by atoms with Crippen molar-refractivity contribution in [2.24, 2.45) is 0 Å². The third-order valence-electron chi connectivity index (χ3n) is 3.00. The van der Waals surface area contributed by atoms with Gasteiger partial charge in [-0.05, 0) is 18.6 Å². The molecule has 0 spiro atoms. The van der Waals surface area contributed by atoms with Crippen LogP contribution in [0.4, 0.5) is 0 Å². The SMILES string of the molecule is COC(=O)CCC(=O)Cc1cc2cccc(C)c2o1. The minimum atomic E-state index is -0.367. The summed E-state index contributed by atoms with van der Waals surface area (Å²) in [5.74, 6) is 0.245. The summed E-state index contributed by atoms with van der Waals surface area (Å²) in [6, 6.07) is 7.75. The molecule has 0 saturated carbocycles. The van der Waals surface area contributed by atoms with Crippen LogP contribution in [0.3, 0.4) is 0 Å². The number of aryl methyl sites for hydroxylation is 1. The Morgan fingerprint density at radius 1 is 1.26 bits per heavy atom. The van der Waals surface area contributed by atoms with E-state index in [2.05, 4.69) is 4.74 Å². The van der Waals surface area contributed by atoms with E-state index in [9.17, 15) is 9.59 Å². The number of ketones is 1. The number of esters is 1. The molecule has 19 heavy (non-hydrogen) atoms. The number of carbonyl (C=O) groups is 2. The Morgan fingerprint density at radius 2 is 2.05 bits per heavy atom. The topological polar surface area (TPSA) is 56.5 Å². The van der Waals surface area contributed by atoms with E-state index in [0.29, 0.717) is 5.76 Å². The first-order valence-corrected chi connectivity index (χ1v) is 6.16. The van der Waals surface area contributed by atoms with E-state index in [1.54, 1.807) is 0 Å². The maximum absolute atomic E-state index is 11.7. The van der Waals surface area contributed by atoms with Gasteiger partial charge in [0, 0.05) is 11.8 Å². The third kappa shape index (κ3) is 3.22. The van der Waals surface area contributed by atoms with Gasteiger partial charge in [0.2, 0.25) is 0 Å². The van der Waals surface area contributed by atoms with Crippen molar-refractivity contribution in [2.75, 3.05) is 7.11 Å². The lowest BCUT2D eigenvalue weighted by Crippen LogP contribution is -2.07. The molecule has 0 aliphatic rings. The average Bonchev–Trinajstić information content (AvgIpc) is 2.80. The number of para-hydroxylation sites is 1. The molecule has 2 rings (SSSR count). The lowest BCUT2D eigenvalue weighted by molar-refractivity contribution is -0.141. The number of fused-ring (bicyclic) bond motifs is 1. The normalized spacial score (nSPS) is 10.6. The first-order valence-electron chi connectivity index (χ1n) is 6.16. The predicted molar refractivity (Wildman–Crippen MR) is 70.9 cm³/mol. The summed E-state index contributed by atoms with van der Waals surface area (Å²) in [6.45, 7) is 1.97. The molecule has 0 aliphatic heterocycles. The second kappa shape index (κ2) is 5.69. The summed E-state index contributed by atoms with van der Waals surface area (Å²) in [7, 11) is 1.31. The first-order chi connectivity index (χ1) is 9.10. The van der Waals surface area contributed by atoms with Crippen LogP contribution in [0.1, 0.15) is 24.2 Å². The van der Waals surface area contributed by atoms with Crippen molar-refractivity contribution in [1.82, 2.24) is 0 Å². The zero-order valence-corrected chi connectivity index (χ0v) is 11.1. The Balaban J connectivity index is 2.03. The Kier molecular flexibility index (Phi) is 4.00. The number of Topliss-reactive ketones (excluding diaryl/α,β-unsaturated/α-hetero) is 1. The molecule has 0 aliphatic carbocycles. The van der Waals surface area contributed by atoms with Gasteiger partial charge in [0.15, 0.2) is 0 Å². The maximum Gasteiger partial charge on any atom is 0.305 e. The van der Waals surface area contributed by atoms with E-state index in [1.807, 2.05) is 31.2 Å². The highest BCUT2D eigenvalue weighted by molar-refractivity contribution is 5.86. The minimum absolute atomic E-state index is 0.0258. The van der Waals surface area contributed by atoms with Crippen LogP contribution in [0.2, 0.25) is 0 Å². The van der Waals surface area contributed by atoms with Gasteiger partial charge in [-0.1, -0.05) is 18.2 Å². The number of hydrogen-bond donors (Lipinski definition) is 0. The molecule has 100 valence electrons. The zero-order valence-electron chi connectivity index (χ0n) is 11.1. The zero-order chi connectivity index (χ0) is 13.8. The molecular formula is C15H16O4. The number of benzene rings is 1. The van der Waals surface area contributed by atoms with Gasteiger partial charge in [-0.15, -0.1) is 0 Å². The number of rotatable bonds is 5.